The van der Waals surface area contributed by atoms with Gasteiger partial charge in [-0.15, -0.1) is 0 Å². The summed E-state index contributed by atoms with van der Waals surface area (Å²) in [6.45, 7) is 2.43. The number of benzene rings is 3. The van der Waals surface area contributed by atoms with E-state index in [-0.39, 0.29) is 5.91 Å². The second-order valence-electron chi connectivity index (χ2n) is 6.77. The van der Waals surface area contributed by atoms with Gasteiger partial charge in [0.05, 0.1) is 12.2 Å². The van der Waals surface area contributed by atoms with Gasteiger partial charge in [-0.05, 0) is 42.0 Å². The van der Waals surface area contributed by atoms with Crippen LogP contribution in [0.3, 0.4) is 0 Å². The fourth-order valence-corrected chi connectivity index (χ4v) is 3.27. The molecule has 140 valence electrons. The fraction of sp³-hybridized carbons (Fsp3) is 0.125. The zero-order valence-corrected chi connectivity index (χ0v) is 15.7. The Hall–Kier alpha value is -3.53. The first-order valence-corrected chi connectivity index (χ1v) is 9.47. The second-order valence-corrected chi connectivity index (χ2v) is 6.77. The highest BCUT2D eigenvalue weighted by atomic mass is 16.2. The number of hydrogen-bond donors (Lipinski definition) is 1. The summed E-state index contributed by atoms with van der Waals surface area (Å²) in [6.07, 6.45) is 4.31. The molecule has 1 N–H and O–H groups in total. The molecule has 28 heavy (non-hydrogen) atoms. The number of nitrogens with zero attached hydrogens (tertiary/aromatic N) is 2. The van der Waals surface area contributed by atoms with Gasteiger partial charge in [0.2, 0.25) is 0 Å². The summed E-state index contributed by atoms with van der Waals surface area (Å²) in [5, 5.41) is 1.88. The number of amides is 1. The molecule has 0 aliphatic carbocycles. The van der Waals surface area contributed by atoms with Crippen LogP contribution in [0.15, 0.2) is 97.1 Å². The van der Waals surface area contributed by atoms with Gasteiger partial charge in [0, 0.05) is 24.3 Å². The lowest BCUT2D eigenvalue weighted by Crippen LogP contribution is -2.42. The number of anilines is 2. The van der Waals surface area contributed by atoms with E-state index in [1.807, 2.05) is 77.8 Å². The minimum Gasteiger partial charge on any atom is -0.364 e. The van der Waals surface area contributed by atoms with E-state index in [0.717, 1.165) is 30.0 Å². The Kier molecular flexibility index (Phi) is 5.38. The molecule has 0 bridgehead atoms. The highest BCUT2D eigenvalue weighted by Gasteiger charge is 2.14. The fourth-order valence-electron chi connectivity index (χ4n) is 3.27. The van der Waals surface area contributed by atoms with Crippen molar-refractivity contribution in [2.75, 3.05) is 23.0 Å². The summed E-state index contributed by atoms with van der Waals surface area (Å²) in [7, 11) is 0. The van der Waals surface area contributed by atoms with E-state index in [4.69, 9.17) is 0 Å². The number of para-hydroxylation sites is 1. The third-order valence-electron chi connectivity index (χ3n) is 4.80. The summed E-state index contributed by atoms with van der Waals surface area (Å²) in [6, 6.07) is 27.8. The lowest BCUT2D eigenvalue weighted by molar-refractivity contribution is 0.0948. The maximum absolute atomic E-state index is 12.9. The SMILES string of the molecule is O=C(NN(Cc1ccccc1)c1ccccc1)c1ccc(N2CC=CC2)cc1. The van der Waals surface area contributed by atoms with Crippen LogP contribution in [-0.4, -0.2) is 19.0 Å². The van der Waals surface area contributed by atoms with Gasteiger partial charge in [0.1, 0.15) is 0 Å². The molecule has 0 fully saturated rings. The molecule has 4 heteroatoms. The minimum absolute atomic E-state index is 0.120. The summed E-state index contributed by atoms with van der Waals surface area (Å²) < 4.78 is 0. The molecular weight excluding hydrogens is 346 g/mol. The molecule has 0 spiro atoms. The number of carbonyl (C=O) groups is 1. The summed E-state index contributed by atoms with van der Waals surface area (Å²) in [5.41, 5.74) is 6.90. The van der Waals surface area contributed by atoms with Crippen molar-refractivity contribution in [3.05, 3.63) is 108 Å². The van der Waals surface area contributed by atoms with Crippen molar-refractivity contribution in [1.82, 2.24) is 5.43 Å². The zero-order chi connectivity index (χ0) is 19.2. The molecule has 0 saturated heterocycles. The van der Waals surface area contributed by atoms with Gasteiger partial charge in [-0.25, -0.2) is 0 Å². The molecule has 0 atom stereocenters. The third kappa shape index (κ3) is 4.23. The molecule has 1 amide bonds. The van der Waals surface area contributed by atoms with Crippen LogP contribution >= 0.6 is 0 Å². The summed E-state index contributed by atoms with van der Waals surface area (Å²) >= 11 is 0. The Labute approximate surface area is 165 Å². The molecule has 0 saturated carbocycles. The average molecular weight is 369 g/mol. The Morgan fingerprint density at radius 1 is 0.821 bits per heavy atom. The highest BCUT2D eigenvalue weighted by molar-refractivity contribution is 5.95. The molecule has 1 aliphatic rings. The van der Waals surface area contributed by atoms with E-state index in [9.17, 15) is 4.79 Å². The molecule has 4 nitrogen and oxygen atoms in total. The van der Waals surface area contributed by atoms with Crippen LogP contribution in [0.5, 0.6) is 0 Å². The van der Waals surface area contributed by atoms with E-state index < -0.39 is 0 Å². The van der Waals surface area contributed by atoms with Crippen LogP contribution < -0.4 is 15.3 Å². The third-order valence-corrected chi connectivity index (χ3v) is 4.80. The maximum Gasteiger partial charge on any atom is 0.269 e. The van der Waals surface area contributed by atoms with Crippen LogP contribution in [0.4, 0.5) is 11.4 Å². The Morgan fingerprint density at radius 2 is 1.43 bits per heavy atom. The lowest BCUT2D eigenvalue weighted by Gasteiger charge is -2.26. The second kappa shape index (κ2) is 8.44. The van der Waals surface area contributed by atoms with E-state index in [0.29, 0.717) is 12.1 Å². The van der Waals surface area contributed by atoms with Gasteiger partial charge < -0.3 is 4.90 Å². The van der Waals surface area contributed by atoms with Gasteiger partial charge in [-0.1, -0.05) is 60.7 Å². The number of nitrogens with one attached hydrogen (secondary N) is 1. The Balaban J connectivity index is 1.50. The number of hydrazine groups is 1. The summed E-state index contributed by atoms with van der Waals surface area (Å²) in [4.78, 5) is 15.1. The molecule has 1 heterocycles. The molecule has 1 aliphatic heterocycles. The first-order chi connectivity index (χ1) is 13.8. The van der Waals surface area contributed by atoms with Crippen LogP contribution in [-0.2, 0) is 6.54 Å². The van der Waals surface area contributed by atoms with Gasteiger partial charge in [0.25, 0.3) is 5.91 Å². The standard InChI is InChI=1S/C24H23N3O/c28-24(21-13-15-22(16-14-21)26-17-7-8-18-26)25-27(23-11-5-2-6-12-23)19-20-9-3-1-4-10-20/h1-16H,17-19H2,(H,25,28). The monoisotopic (exact) mass is 369 g/mol. The largest absolute Gasteiger partial charge is 0.364 e. The van der Waals surface area contributed by atoms with Crippen molar-refractivity contribution >= 4 is 17.3 Å². The van der Waals surface area contributed by atoms with Crippen LogP contribution in [0.25, 0.3) is 0 Å². The van der Waals surface area contributed by atoms with E-state index in [1.165, 1.54) is 0 Å². The molecule has 0 radical (unpaired) electrons. The number of hydrogen-bond acceptors (Lipinski definition) is 3. The van der Waals surface area contributed by atoms with E-state index in [2.05, 4.69) is 34.6 Å². The Morgan fingerprint density at radius 3 is 2.07 bits per heavy atom. The van der Waals surface area contributed by atoms with Gasteiger partial charge in [0.15, 0.2) is 0 Å². The van der Waals surface area contributed by atoms with Crippen molar-refractivity contribution in [1.29, 1.82) is 0 Å². The molecule has 3 aromatic carbocycles. The van der Waals surface area contributed by atoms with Gasteiger partial charge in [-0.3, -0.25) is 15.2 Å². The molecule has 3 aromatic rings. The molecular formula is C24H23N3O. The van der Waals surface area contributed by atoms with Crippen LogP contribution in [0, 0.1) is 0 Å². The van der Waals surface area contributed by atoms with Crippen molar-refractivity contribution in [2.24, 2.45) is 0 Å². The first-order valence-electron chi connectivity index (χ1n) is 9.47. The van der Waals surface area contributed by atoms with Gasteiger partial charge >= 0.3 is 0 Å². The molecule has 0 unspecified atom stereocenters. The Bertz CT molecular complexity index is 929. The average Bonchev–Trinajstić information content (AvgIpc) is 3.30. The molecule has 4 rings (SSSR count). The van der Waals surface area contributed by atoms with Crippen molar-refractivity contribution in [2.45, 2.75) is 6.54 Å². The van der Waals surface area contributed by atoms with E-state index >= 15 is 0 Å². The normalized spacial score (nSPS) is 12.8. The maximum atomic E-state index is 12.9. The topological polar surface area (TPSA) is 35.6 Å². The van der Waals surface area contributed by atoms with Crippen molar-refractivity contribution in [3.8, 4) is 0 Å². The predicted octanol–water partition coefficient (Wildman–Crippen LogP) is 4.41. The number of rotatable bonds is 6. The van der Waals surface area contributed by atoms with Crippen molar-refractivity contribution < 1.29 is 4.79 Å². The smallest absolute Gasteiger partial charge is 0.269 e. The van der Waals surface area contributed by atoms with Crippen LogP contribution in [0.2, 0.25) is 0 Å². The predicted molar refractivity (Wildman–Crippen MR) is 114 cm³/mol. The summed E-state index contributed by atoms with van der Waals surface area (Å²) in [5.74, 6) is -0.120. The first kappa shape index (κ1) is 17.9. The minimum atomic E-state index is -0.120. The zero-order valence-electron chi connectivity index (χ0n) is 15.7. The molecule has 0 aromatic heterocycles. The van der Waals surface area contributed by atoms with E-state index in [1.54, 1.807) is 0 Å². The van der Waals surface area contributed by atoms with Crippen molar-refractivity contribution in [3.63, 3.8) is 0 Å². The lowest BCUT2D eigenvalue weighted by atomic mass is 10.2. The number of carbonyl (C=O) groups excluding carboxylic acids is 1. The highest BCUT2D eigenvalue weighted by Crippen LogP contribution is 2.19. The van der Waals surface area contributed by atoms with Gasteiger partial charge in [-0.2, -0.15) is 0 Å². The van der Waals surface area contributed by atoms with Crippen LogP contribution in [0.1, 0.15) is 15.9 Å². The quantitative estimate of drug-likeness (QED) is 0.516.